The maximum Gasteiger partial charge on any atom is 0.255 e. The lowest BCUT2D eigenvalue weighted by atomic mass is 9.92. The number of carbonyl (C=O) groups is 1. The minimum atomic E-state index is -0.102. The lowest BCUT2D eigenvalue weighted by molar-refractivity contribution is 0.0931. The van der Waals surface area contributed by atoms with Crippen molar-refractivity contribution in [1.29, 1.82) is 0 Å². The monoisotopic (exact) mass is 271 g/mol. The first kappa shape index (κ1) is 12.8. The number of carbonyl (C=O) groups excluding carboxylic acids is 1. The summed E-state index contributed by atoms with van der Waals surface area (Å²) in [5, 5.41) is 3.06. The van der Waals surface area contributed by atoms with Gasteiger partial charge in [0.25, 0.3) is 5.91 Å². The number of hydrogen-bond acceptors (Lipinski definition) is 4. The summed E-state index contributed by atoms with van der Waals surface area (Å²) < 4.78 is 5.17. The molecule has 0 unspecified atom stereocenters. The van der Waals surface area contributed by atoms with E-state index in [2.05, 4.69) is 15.3 Å². The molecule has 1 atom stereocenters. The Morgan fingerprint density at radius 1 is 1.45 bits per heavy atom. The maximum atomic E-state index is 12.3. The zero-order valence-corrected chi connectivity index (χ0v) is 11.6. The van der Waals surface area contributed by atoms with Crippen molar-refractivity contribution in [1.82, 2.24) is 15.3 Å². The summed E-state index contributed by atoms with van der Waals surface area (Å²) in [6.07, 6.45) is 6.27. The number of hydrogen-bond donors (Lipinski definition) is 1. The second kappa shape index (κ2) is 5.07. The van der Waals surface area contributed by atoms with Crippen LogP contribution in [0.2, 0.25) is 0 Å². The largest absolute Gasteiger partial charge is 0.469 e. The predicted molar refractivity (Wildman–Crippen MR) is 73.4 cm³/mol. The van der Waals surface area contributed by atoms with Crippen molar-refractivity contribution in [3.05, 3.63) is 46.9 Å². The Kier molecular flexibility index (Phi) is 3.26. The fraction of sp³-hybridized carbons (Fsp3) is 0.400. The van der Waals surface area contributed by atoms with Gasteiger partial charge in [0.15, 0.2) is 0 Å². The van der Waals surface area contributed by atoms with Gasteiger partial charge in [0, 0.05) is 17.5 Å². The van der Waals surface area contributed by atoms with Gasteiger partial charge in [-0.3, -0.25) is 4.79 Å². The predicted octanol–water partition coefficient (Wildman–Crippen LogP) is 2.49. The highest BCUT2D eigenvalue weighted by Gasteiger charge is 2.24. The van der Waals surface area contributed by atoms with Crippen LogP contribution in [0.4, 0.5) is 0 Å². The third-order valence-electron chi connectivity index (χ3n) is 3.71. The summed E-state index contributed by atoms with van der Waals surface area (Å²) in [5.74, 6) is 1.31. The number of furan rings is 1. The van der Waals surface area contributed by atoms with Gasteiger partial charge in [-0.25, -0.2) is 9.97 Å². The molecule has 0 saturated heterocycles. The summed E-state index contributed by atoms with van der Waals surface area (Å²) in [6.45, 7) is 3.67. The molecule has 0 fully saturated rings. The SMILES string of the molecule is Cc1ncc2c(n1)CCC[C@@H]2NC(=O)c1ccoc1C. The summed E-state index contributed by atoms with van der Waals surface area (Å²) >= 11 is 0. The molecule has 1 aliphatic rings. The van der Waals surface area contributed by atoms with Crippen LogP contribution in [0.3, 0.4) is 0 Å². The highest BCUT2D eigenvalue weighted by molar-refractivity contribution is 5.95. The first-order chi connectivity index (χ1) is 9.65. The van der Waals surface area contributed by atoms with E-state index in [-0.39, 0.29) is 11.9 Å². The average Bonchev–Trinajstić information content (AvgIpc) is 2.85. The van der Waals surface area contributed by atoms with Crippen LogP contribution in [-0.4, -0.2) is 15.9 Å². The van der Waals surface area contributed by atoms with Crippen LogP contribution in [0.25, 0.3) is 0 Å². The molecule has 1 aliphatic carbocycles. The van der Waals surface area contributed by atoms with E-state index in [1.165, 1.54) is 6.26 Å². The van der Waals surface area contributed by atoms with Crippen LogP contribution >= 0.6 is 0 Å². The minimum absolute atomic E-state index is 0.0128. The average molecular weight is 271 g/mol. The highest BCUT2D eigenvalue weighted by Crippen LogP contribution is 2.28. The number of amides is 1. The van der Waals surface area contributed by atoms with Crippen molar-refractivity contribution in [2.24, 2.45) is 0 Å². The van der Waals surface area contributed by atoms with Crippen molar-refractivity contribution in [2.75, 3.05) is 0 Å². The topological polar surface area (TPSA) is 68.0 Å². The Hall–Kier alpha value is -2.17. The number of aromatic nitrogens is 2. The van der Waals surface area contributed by atoms with E-state index in [4.69, 9.17) is 4.42 Å². The molecule has 0 spiro atoms. The van der Waals surface area contributed by atoms with Gasteiger partial charge in [0.1, 0.15) is 11.6 Å². The molecule has 5 heteroatoms. The normalized spacial score (nSPS) is 17.6. The van der Waals surface area contributed by atoms with Gasteiger partial charge in [-0.05, 0) is 39.2 Å². The Balaban J connectivity index is 1.83. The van der Waals surface area contributed by atoms with Crippen LogP contribution in [0.5, 0.6) is 0 Å². The molecule has 5 nitrogen and oxygen atoms in total. The molecular weight excluding hydrogens is 254 g/mol. The Morgan fingerprint density at radius 2 is 2.30 bits per heavy atom. The van der Waals surface area contributed by atoms with Crippen LogP contribution < -0.4 is 5.32 Å². The molecule has 20 heavy (non-hydrogen) atoms. The fourth-order valence-electron chi connectivity index (χ4n) is 2.65. The zero-order valence-electron chi connectivity index (χ0n) is 11.6. The first-order valence-electron chi connectivity index (χ1n) is 6.82. The summed E-state index contributed by atoms with van der Waals surface area (Å²) in [6, 6.07) is 1.68. The summed E-state index contributed by atoms with van der Waals surface area (Å²) in [5.41, 5.74) is 2.68. The van der Waals surface area contributed by atoms with Gasteiger partial charge in [0.2, 0.25) is 0 Å². The van der Waals surface area contributed by atoms with E-state index in [9.17, 15) is 4.79 Å². The van der Waals surface area contributed by atoms with Crippen LogP contribution in [0.1, 0.15) is 52.1 Å². The van der Waals surface area contributed by atoms with Crippen LogP contribution in [0, 0.1) is 13.8 Å². The van der Waals surface area contributed by atoms with E-state index in [0.29, 0.717) is 11.3 Å². The molecule has 0 saturated carbocycles. The summed E-state index contributed by atoms with van der Waals surface area (Å²) in [7, 11) is 0. The standard InChI is InChI=1S/C15H17N3O2/c1-9-11(6-7-20-9)15(19)18-14-5-3-4-13-12(14)8-16-10(2)17-13/h6-8,14H,3-5H2,1-2H3,(H,18,19)/t14-/m0/s1. The Morgan fingerprint density at radius 3 is 3.05 bits per heavy atom. The van der Waals surface area contributed by atoms with Crippen molar-refractivity contribution < 1.29 is 9.21 Å². The number of aryl methyl sites for hydroxylation is 3. The molecule has 2 aromatic heterocycles. The lowest BCUT2D eigenvalue weighted by Crippen LogP contribution is -2.31. The third-order valence-corrected chi connectivity index (χ3v) is 3.71. The zero-order chi connectivity index (χ0) is 14.1. The number of fused-ring (bicyclic) bond motifs is 1. The van der Waals surface area contributed by atoms with Crippen molar-refractivity contribution >= 4 is 5.91 Å². The van der Waals surface area contributed by atoms with Gasteiger partial charge in [-0.15, -0.1) is 0 Å². The molecular formula is C15H17N3O2. The van der Waals surface area contributed by atoms with E-state index in [1.54, 1.807) is 13.0 Å². The fourth-order valence-corrected chi connectivity index (χ4v) is 2.65. The molecule has 3 rings (SSSR count). The van der Waals surface area contributed by atoms with E-state index >= 15 is 0 Å². The van der Waals surface area contributed by atoms with Crippen molar-refractivity contribution in [3.63, 3.8) is 0 Å². The smallest absolute Gasteiger partial charge is 0.255 e. The third kappa shape index (κ3) is 2.31. The molecule has 0 aliphatic heterocycles. The second-order valence-electron chi connectivity index (χ2n) is 5.13. The van der Waals surface area contributed by atoms with E-state index in [0.717, 1.165) is 36.3 Å². The number of nitrogens with one attached hydrogen (secondary N) is 1. The molecule has 0 aromatic carbocycles. The van der Waals surface area contributed by atoms with E-state index < -0.39 is 0 Å². The number of nitrogens with zero attached hydrogens (tertiary/aromatic N) is 2. The second-order valence-corrected chi connectivity index (χ2v) is 5.13. The van der Waals surface area contributed by atoms with Crippen LogP contribution in [0.15, 0.2) is 22.9 Å². The first-order valence-corrected chi connectivity index (χ1v) is 6.82. The molecule has 2 heterocycles. The summed E-state index contributed by atoms with van der Waals surface area (Å²) in [4.78, 5) is 21.0. The van der Waals surface area contributed by atoms with Gasteiger partial charge in [0.05, 0.1) is 17.9 Å². The minimum Gasteiger partial charge on any atom is -0.469 e. The highest BCUT2D eigenvalue weighted by atomic mass is 16.3. The Bertz CT molecular complexity index is 648. The molecule has 0 radical (unpaired) electrons. The molecule has 1 amide bonds. The van der Waals surface area contributed by atoms with Gasteiger partial charge < -0.3 is 9.73 Å². The maximum absolute atomic E-state index is 12.3. The van der Waals surface area contributed by atoms with Gasteiger partial charge in [-0.2, -0.15) is 0 Å². The quantitative estimate of drug-likeness (QED) is 0.911. The lowest BCUT2D eigenvalue weighted by Gasteiger charge is -2.25. The van der Waals surface area contributed by atoms with E-state index in [1.807, 2.05) is 13.1 Å². The Labute approximate surface area is 117 Å². The number of rotatable bonds is 2. The van der Waals surface area contributed by atoms with Crippen LogP contribution in [-0.2, 0) is 6.42 Å². The van der Waals surface area contributed by atoms with Crippen molar-refractivity contribution in [3.8, 4) is 0 Å². The van der Waals surface area contributed by atoms with Gasteiger partial charge >= 0.3 is 0 Å². The molecule has 0 bridgehead atoms. The van der Waals surface area contributed by atoms with Gasteiger partial charge in [-0.1, -0.05) is 0 Å². The van der Waals surface area contributed by atoms with Crippen molar-refractivity contribution in [2.45, 2.75) is 39.2 Å². The molecule has 104 valence electrons. The molecule has 2 aromatic rings. The molecule has 1 N–H and O–H groups in total.